The van der Waals surface area contributed by atoms with E-state index >= 15 is 0 Å². The molecule has 2 heterocycles. The van der Waals surface area contributed by atoms with Gasteiger partial charge in [-0.2, -0.15) is 0 Å². The van der Waals surface area contributed by atoms with E-state index in [4.69, 9.17) is 4.74 Å². The van der Waals surface area contributed by atoms with Gasteiger partial charge in [0.1, 0.15) is 5.69 Å². The molecule has 74 valence electrons. The third kappa shape index (κ3) is 1.85. The summed E-state index contributed by atoms with van der Waals surface area (Å²) >= 11 is 1.48. The van der Waals surface area contributed by atoms with Gasteiger partial charge in [0.05, 0.1) is 11.6 Å². The minimum atomic E-state index is -0.0888. The molecule has 1 aromatic rings. The fraction of sp³-hybridized carbons (Fsp3) is 0.400. The molecule has 0 N–H and O–H groups in total. The van der Waals surface area contributed by atoms with Crippen molar-refractivity contribution in [1.29, 1.82) is 0 Å². The topological polar surface area (TPSA) is 39.2 Å². The van der Waals surface area contributed by atoms with Crippen molar-refractivity contribution in [2.75, 3.05) is 6.61 Å². The number of carbonyl (C=O) groups excluding carboxylic acids is 1. The maximum atomic E-state index is 11.8. The number of nitrogens with zero attached hydrogens (tertiary/aromatic N) is 1. The van der Waals surface area contributed by atoms with Gasteiger partial charge >= 0.3 is 0 Å². The van der Waals surface area contributed by atoms with Crippen LogP contribution in [0, 0.1) is 6.92 Å². The lowest BCUT2D eigenvalue weighted by molar-refractivity contribution is 0.0895. The quantitative estimate of drug-likeness (QED) is 0.702. The van der Waals surface area contributed by atoms with Crippen LogP contribution < -0.4 is 0 Å². The minimum Gasteiger partial charge on any atom is -0.490 e. The van der Waals surface area contributed by atoms with Gasteiger partial charge in [0.15, 0.2) is 5.76 Å². The molecule has 0 atom stereocenters. The second-order valence-electron chi connectivity index (χ2n) is 3.14. The van der Waals surface area contributed by atoms with Crippen molar-refractivity contribution in [2.45, 2.75) is 19.8 Å². The Hall–Kier alpha value is -1.16. The smallest absolute Gasteiger partial charge is 0.246 e. The molecule has 2 rings (SSSR count). The molecule has 4 heteroatoms. The van der Waals surface area contributed by atoms with E-state index in [0.717, 1.165) is 17.8 Å². The fourth-order valence-corrected chi connectivity index (χ4v) is 1.90. The number of thiazole rings is 1. The van der Waals surface area contributed by atoms with Crippen LogP contribution in [0.4, 0.5) is 0 Å². The van der Waals surface area contributed by atoms with Gasteiger partial charge in [0.25, 0.3) is 0 Å². The Labute approximate surface area is 86.4 Å². The summed E-state index contributed by atoms with van der Waals surface area (Å²) in [4.78, 5) is 15.9. The van der Waals surface area contributed by atoms with Gasteiger partial charge in [0, 0.05) is 5.38 Å². The third-order valence-corrected chi connectivity index (χ3v) is 2.78. The van der Waals surface area contributed by atoms with Gasteiger partial charge in [-0.3, -0.25) is 4.79 Å². The monoisotopic (exact) mass is 209 g/mol. The van der Waals surface area contributed by atoms with Crippen LogP contribution in [0.2, 0.25) is 0 Å². The zero-order valence-electron chi connectivity index (χ0n) is 7.95. The summed E-state index contributed by atoms with van der Waals surface area (Å²) in [6.45, 7) is 2.53. The van der Waals surface area contributed by atoms with E-state index in [1.165, 1.54) is 11.3 Å². The second kappa shape index (κ2) is 3.92. The molecule has 0 radical (unpaired) electrons. The van der Waals surface area contributed by atoms with Crippen molar-refractivity contribution in [3.63, 3.8) is 0 Å². The SMILES string of the molecule is Cc1nc(C(=O)C2=CCCCO2)cs1. The Kier molecular flexibility index (Phi) is 2.63. The molecule has 1 aliphatic heterocycles. The molecule has 0 fully saturated rings. The molecule has 0 bridgehead atoms. The highest BCUT2D eigenvalue weighted by Crippen LogP contribution is 2.17. The standard InChI is InChI=1S/C10H11NO2S/c1-7-11-8(6-14-7)10(12)9-4-2-3-5-13-9/h4,6H,2-3,5H2,1H3. The Morgan fingerprint density at radius 1 is 1.64 bits per heavy atom. The van der Waals surface area contributed by atoms with Crippen molar-refractivity contribution in [3.8, 4) is 0 Å². The van der Waals surface area contributed by atoms with Gasteiger partial charge in [-0.05, 0) is 25.8 Å². The van der Waals surface area contributed by atoms with Gasteiger partial charge in [-0.15, -0.1) is 11.3 Å². The summed E-state index contributed by atoms with van der Waals surface area (Å²) in [5.74, 6) is 0.371. The molecular weight excluding hydrogens is 198 g/mol. The molecule has 3 nitrogen and oxygen atoms in total. The number of allylic oxidation sites excluding steroid dienone is 2. The molecule has 0 aliphatic carbocycles. The number of Topliss-reactive ketones (excluding diaryl/α,β-unsaturated/α-hetero) is 1. The van der Waals surface area contributed by atoms with Crippen molar-refractivity contribution in [2.24, 2.45) is 0 Å². The average molecular weight is 209 g/mol. The summed E-state index contributed by atoms with van der Waals surface area (Å²) in [6, 6.07) is 0. The van der Waals surface area contributed by atoms with Crippen LogP contribution in [0.1, 0.15) is 28.3 Å². The van der Waals surface area contributed by atoms with E-state index in [1.54, 1.807) is 5.38 Å². The van der Waals surface area contributed by atoms with Crippen LogP contribution in [-0.2, 0) is 4.74 Å². The lowest BCUT2D eigenvalue weighted by Gasteiger charge is -2.12. The van der Waals surface area contributed by atoms with E-state index in [9.17, 15) is 4.79 Å². The highest BCUT2D eigenvalue weighted by molar-refractivity contribution is 7.09. The lowest BCUT2D eigenvalue weighted by Crippen LogP contribution is -2.11. The van der Waals surface area contributed by atoms with Crippen molar-refractivity contribution in [3.05, 3.63) is 27.9 Å². The molecule has 0 spiro atoms. The second-order valence-corrected chi connectivity index (χ2v) is 4.20. The molecule has 14 heavy (non-hydrogen) atoms. The first kappa shape index (κ1) is 9.40. The molecule has 0 unspecified atom stereocenters. The number of aryl methyl sites for hydroxylation is 1. The van der Waals surface area contributed by atoms with Gasteiger partial charge in [-0.25, -0.2) is 4.98 Å². The van der Waals surface area contributed by atoms with E-state index in [0.29, 0.717) is 18.1 Å². The first-order chi connectivity index (χ1) is 6.77. The summed E-state index contributed by atoms with van der Waals surface area (Å²) < 4.78 is 5.28. The first-order valence-corrected chi connectivity index (χ1v) is 5.45. The Morgan fingerprint density at radius 3 is 3.07 bits per heavy atom. The van der Waals surface area contributed by atoms with Crippen LogP contribution in [0.3, 0.4) is 0 Å². The van der Waals surface area contributed by atoms with Crippen molar-refractivity contribution < 1.29 is 9.53 Å². The number of rotatable bonds is 2. The average Bonchev–Trinajstić information content (AvgIpc) is 2.65. The number of ketones is 1. The minimum absolute atomic E-state index is 0.0888. The normalized spacial score (nSPS) is 15.9. The number of ether oxygens (including phenoxy) is 1. The third-order valence-electron chi connectivity index (χ3n) is 2.01. The Morgan fingerprint density at radius 2 is 2.50 bits per heavy atom. The maximum Gasteiger partial charge on any atom is 0.246 e. The van der Waals surface area contributed by atoms with E-state index < -0.39 is 0 Å². The molecular formula is C10H11NO2S. The largest absolute Gasteiger partial charge is 0.490 e. The zero-order chi connectivity index (χ0) is 9.97. The van der Waals surface area contributed by atoms with E-state index in [2.05, 4.69) is 4.98 Å². The number of aromatic nitrogens is 1. The lowest BCUT2D eigenvalue weighted by atomic mass is 10.2. The van der Waals surface area contributed by atoms with Gasteiger partial charge in [-0.1, -0.05) is 0 Å². The Bertz CT molecular complexity index is 381. The first-order valence-electron chi connectivity index (χ1n) is 4.57. The zero-order valence-corrected chi connectivity index (χ0v) is 8.76. The summed E-state index contributed by atoms with van der Waals surface area (Å²) in [7, 11) is 0. The van der Waals surface area contributed by atoms with Crippen LogP contribution in [0.5, 0.6) is 0 Å². The number of carbonyl (C=O) groups is 1. The molecule has 1 aliphatic rings. The molecule has 0 aromatic carbocycles. The summed E-state index contributed by atoms with van der Waals surface area (Å²) in [5, 5.41) is 2.68. The summed E-state index contributed by atoms with van der Waals surface area (Å²) in [6.07, 6.45) is 3.76. The molecule has 1 aromatic heterocycles. The predicted molar refractivity (Wildman–Crippen MR) is 54.5 cm³/mol. The van der Waals surface area contributed by atoms with Crippen molar-refractivity contribution in [1.82, 2.24) is 4.98 Å². The highest BCUT2D eigenvalue weighted by atomic mass is 32.1. The molecule has 0 saturated carbocycles. The van der Waals surface area contributed by atoms with Crippen LogP contribution in [-0.4, -0.2) is 17.4 Å². The molecule has 0 amide bonds. The molecule has 0 saturated heterocycles. The summed E-state index contributed by atoms with van der Waals surface area (Å²) in [5.41, 5.74) is 0.501. The highest BCUT2D eigenvalue weighted by Gasteiger charge is 2.18. The number of hydrogen-bond acceptors (Lipinski definition) is 4. The van der Waals surface area contributed by atoms with Gasteiger partial charge < -0.3 is 4.74 Å². The van der Waals surface area contributed by atoms with Crippen LogP contribution >= 0.6 is 11.3 Å². The van der Waals surface area contributed by atoms with E-state index in [1.807, 2.05) is 13.0 Å². The van der Waals surface area contributed by atoms with Gasteiger partial charge in [0.2, 0.25) is 5.78 Å². The maximum absolute atomic E-state index is 11.8. The van der Waals surface area contributed by atoms with E-state index in [-0.39, 0.29) is 5.78 Å². The van der Waals surface area contributed by atoms with Crippen molar-refractivity contribution >= 4 is 17.1 Å². The van der Waals surface area contributed by atoms with Crippen LogP contribution in [0.15, 0.2) is 17.2 Å². The number of hydrogen-bond donors (Lipinski definition) is 0. The predicted octanol–water partition coefficient (Wildman–Crippen LogP) is 2.33. The fourth-order valence-electron chi connectivity index (χ4n) is 1.31. The Balaban J connectivity index is 2.19. The van der Waals surface area contributed by atoms with Crippen LogP contribution in [0.25, 0.3) is 0 Å².